The molecule has 0 saturated carbocycles. The van der Waals surface area contributed by atoms with Crippen molar-refractivity contribution in [2.24, 2.45) is 5.92 Å². The molecule has 0 bridgehead atoms. The Labute approximate surface area is 103 Å². The number of hydrogen-bond donors (Lipinski definition) is 0. The zero-order valence-corrected chi connectivity index (χ0v) is 11.1. The van der Waals surface area contributed by atoms with Crippen LogP contribution in [0.2, 0.25) is 0 Å². The summed E-state index contributed by atoms with van der Waals surface area (Å²) in [5.74, 6) is 1.39. The zero-order valence-electron chi connectivity index (χ0n) is 11.1. The molecule has 0 radical (unpaired) electrons. The van der Waals surface area contributed by atoms with Crippen molar-refractivity contribution in [2.45, 2.75) is 46.5 Å². The van der Waals surface area contributed by atoms with Crippen LogP contribution in [0.4, 0.5) is 0 Å². The number of aromatic nitrogens is 2. The van der Waals surface area contributed by atoms with Crippen molar-refractivity contribution in [3.63, 3.8) is 0 Å². The first-order chi connectivity index (χ1) is 8.08. The van der Waals surface area contributed by atoms with Gasteiger partial charge in [0.2, 0.25) is 0 Å². The van der Waals surface area contributed by atoms with Gasteiger partial charge in [0.05, 0.1) is 5.69 Å². The van der Waals surface area contributed by atoms with Crippen molar-refractivity contribution in [1.29, 1.82) is 0 Å². The minimum absolute atomic E-state index is 0.621. The van der Waals surface area contributed by atoms with Crippen LogP contribution in [0.5, 0.6) is 0 Å². The van der Waals surface area contributed by atoms with Gasteiger partial charge in [0.25, 0.3) is 0 Å². The van der Waals surface area contributed by atoms with Gasteiger partial charge in [-0.25, -0.2) is 4.98 Å². The summed E-state index contributed by atoms with van der Waals surface area (Å²) >= 11 is 0. The number of aryl methyl sites for hydroxylation is 3. The lowest BCUT2D eigenvalue weighted by atomic mass is 9.82. The van der Waals surface area contributed by atoms with Crippen LogP contribution < -0.4 is 0 Å². The number of pyridine rings is 1. The molecule has 2 aromatic rings. The Bertz CT molecular complexity index is 580. The molecule has 17 heavy (non-hydrogen) atoms. The van der Waals surface area contributed by atoms with Crippen LogP contribution >= 0.6 is 0 Å². The molecule has 0 fully saturated rings. The van der Waals surface area contributed by atoms with E-state index in [1.807, 2.05) is 0 Å². The molecule has 0 aliphatic heterocycles. The summed E-state index contributed by atoms with van der Waals surface area (Å²) in [5.41, 5.74) is 6.53. The highest BCUT2D eigenvalue weighted by atomic mass is 15.0. The first-order valence-corrected chi connectivity index (χ1v) is 6.56. The smallest absolute Gasteiger partial charge is 0.137 e. The second-order valence-electron chi connectivity index (χ2n) is 5.62. The maximum absolute atomic E-state index is 4.82. The van der Waals surface area contributed by atoms with Crippen molar-refractivity contribution < 1.29 is 0 Å². The van der Waals surface area contributed by atoms with Crippen LogP contribution in [-0.4, -0.2) is 9.38 Å². The minimum Gasteiger partial charge on any atom is -0.301 e. The highest BCUT2D eigenvalue weighted by Crippen LogP contribution is 2.36. The van der Waals surface area contributed by atoms with Gasteiger partial charge in [0.1, 0.15) is 5.65 Å². The van der Waals surface area contributed by atoms with E-state index in [1.165, 1.54) is 29.1 Å². The Morgan fingerprint density at radius 1 is 1.24 bits per heavy atom. The fraction of sp³-hybridized carbons (Fsp3) is 0.533. The van der Waals surface area contributed by atoms with Crippen LogP contribution in [0, 0.1) is 19.8 Å². The van der Waals surface area contributed by atoms with E-state index in [1.54, 1.807) is 0 Å². The molecule has 3 rings (SSSR count). The van der Waals surface area contributed by atoms with Crippen LogP contribution in [0.1, 0.15) is 48.8 Å². The highest BCUT2D eigenvalue weighted by Gasteiger charge is 2.27. The molecule has 1 aliphatic rings. The average Bonchev–Trinajstić information content (AvgIpc) is 2.62. The molecule has 0 spiro atoms. The van der Waals surface area contributed by atoms with Gasteiger partial charge < -0.3 is 4.40 Å². The highest BCUT2D eigenvalue weighted by molar-refractivity contribution is 5.49. The quantitative estimate of drug-likeness (QED) is 0.673. The van der Waals surface area contributed by atoms with Gasteiger partial charge in [-0.05, 0) is 50.3 Å². The van der Waals surface area contributed by atoms with E-state index < -0.39 is 0 Å². The van der Waals surface area contributed by atoms with Gasteiger partial charge >= 0.3 is 0 Å². The van der Waals surface area contributed by atoms with Gasteiger partial charge in [-0.2, -0.15) is 0 Å². The van der Waals surface area contributed by atoms with E-state index in [0.29, 0.717) is 5.92 Å². The Hall–Kier alpha value is -1.31. The fourth-order valence-corrected chi connectivity index (χ4v) is 3.14. The lowest BCUT2D eigenvalue weighted by Gasteiger charge is -2.26. The normalized spacial score (nSPS) is 24.0. The van der Waals surface area contributed by atoms with Crippen molar-refractivity contribution in [3.05, 3.63) is 34.8 Å². The van der Waals surface area contributed by atoms with Crippen molar-refractivity contribution in [1.82, 2.24) is 9.38 Å². The van der Waals surface area contributed by atoms with Gasteiger partial charge in [0, 0.05) is 17.3 Å². The predicted molar refractivity (Wildman–Crippen MR) is 70.6 cm³/mol. The van der Waals surface area contributed by atoms with Crippen LogP contribution in [-0.2, 0) is 6.42 Å². The molecule has 2 heterocycles. The summed E-state index contributed by atoms with van der Waals surface area (Å²) < 4.78 is 2.36. The van der Waals surface area contributed by atoms with E-state index in [0.717, 1.165) is 18.0 Å². The topological polar surface area (TPSA) is 17.3 Å². The maximum Gasteiger partial charge on any atom is 0.137 e. The first kappa shape index (κ1) is 10.8. The average molecular weight is 228 g/mol. The van der Waals surface area contributed by atoms with Gasteiger partial charge in [-0.3, -0.25) is 0 Å². The Balaban J connectivity index is 2.34. The molecular weight excluding hydrogens is 208 g/mol. The minimum atomic E-state index is 0.621. The van der Waals surface area contributed by atoms with E-state index >= 15 is 0 Å². The molecule has 2 aromatic heterocycles. The van der Waals surface area contributed by atoms with Crippen molar-refractivity contribution in [2.75, 3.05) is 0 Å². The lowest BCUT2D eigenvalue weighted by Crippen LogP contribution is -2.17. The summed E-state index contributed by atoms with van der Waals surface area (Å²) in [6.07, 6.45) is 2.41. The second-order valence-corrected chi connectivity index (χ2v) is 5.62. The monoisotopic (exact) mass is 228 g/mol. The molecule has 0 aromatic carbocycles. The summed E-state index contributed by atoms with van der Waals surface area (Å²) in [4.78, 5) is 4.82. The first-order valence-electron chi connectivity index (χ1n) is 6.56. The van der Waals surface area contributed by atoms with Crippen LogP contribution in [0.3, 0.4) is 0 Å². The third-order valence-corrected chi connectivity index (χ3v) is 4.28. The molecule has 2 unspecified atom stereocenters. The van der Waals surface area contributed by atoms with E-state index in [2.05, 4.69) is 44.2 Å². The Morgan fingerprint density at radius 2 is 2.00 bits per heavy atom. The standard InChI is InChI=1S/C15H20N2/c1-9-7-11(3)17-14(8-9)16-13-6-5-10(2)12(4)15(13)17/h7-8,10,12H,5-6H2,1-4H3. The molecule has 0 saturated heterocycles. The molecule has 2 atom stereocenters. The number of nitrogens with zero attached hydrogens (tertiary/aromatic N) is 2. The number of rotatable bonds is 0. The summed E-state index contributed by atoms with van der Waals surface area (Å²) in [7, 11) is 0. The summed E-state index contributed by atoms with van der Waals surface area (Å²) in [6, 6.07) is 4.45. The summed E-state index contributed by atoms with van der Waals surface area (Å²) in [5, 5.41) is 0. The molecular formula is C15H20N2. The predicted octanol–water partition coefficient (Wildman–Crippen LogP) is 3.64. The molecule has 0 N–H and O–H groups in total. The SMILES string of the molecule is Cc1cc(C)n2c3c(nc2c1)CCC(C)C3C. The van der Waals surface area contributed by atoms with E-state index in [9.17, 15) is 0 Å². The van der Waals surface area contributed by atoms with E-state index in [4.69, 9.17) is 4.98 Å². The Morgan fingerprint density at radius 3 is 2.76 bits per heavy atom. The third-order valence-electron chi connectivity index (χ3n) is 4.28. The molecule has 1 aliphatic carbocycles. The Kier molecular flexibility index (Phi) is 2.29. The number of fused-ring (bicyclic) bond motifs is 3. The second kappa shape index (κ2) is 3.59. The van der Waals surface area contributed by atoms with Crippen LogP contribution in [0.15, 0.2) is 12.1 Å². The molecule has 0 amide bonds. The van der Waals surface area contributed by atoms with Crippen molar-refractivity contribution in [3.8, 4) is 0 Å². The van der Waals surface area contributed by atoms with Gasteiger partial charge in [0.15, 0.2) is 0 Å². The van der Waals surface area contributed by atoms with Crippen molar-refractivity contribution >= 4 is 5.65 Å². The zero-order chi connectivity index (χ0) is 12.2. The van der Waals surface area contributed by atoms with E-state index in [-0.39, 0.29) is 0 Å². The maximum atomic E-state index is 4.82. The van der Waals surface area contributed by atoms with Gasteiger partial charge in [-0.1, -0.05) is 13.8 Å². The summed E-state index contributed by atoms with van der Waals surface area (Å²) in [6.45, 7) is 9.03. The van der Waals surface area contributed by atoms with Crippen LogP contribution in [0.25, 0.3) is 5.65 Å². The molecule has 2 heteroatoms. The number of imidazole rings is 1. The number of hydrogen-bond acceptors (Lipinski definition) is 1. The van der Waals surface area contributed by atoms with Gasteiger partial charge in [-0.15, -0.1) is 0 Å². The largest absolute Gasteiger partial charge is 0.301 e. The third kappa shape index (κ3) is 1.50. The molecule has 2 nitrogen and oxygen atoms in total. The fourth-order valence-electron chi connectivity index (χ4n) is 3.14. The molecule has 90 valence electrons. The lowest BCUT2D eigenvalue weighted by molar-refractivity contribution is 0.413.